The summed E-state index contributed by atoms with van der Waals surface area (Å²) < 4.78 is 18.6. The van der Waals surface area contributed by atoms with Crippen LogP contribution in [0.2, 0.25) is 0 Å². The molecule has 1 radical (unpaired) electrons. The molecule has 0 rings (SSSR count). The van der Waals surface area contributed by atoms with Crippen LogP contribution in [-0.2, 0) is 21.5 Å². The third-order valence-corrected chi connectivity index (χ3v) is 0. The smallest absolute Gasteiger partial charge is 0.517 e. The van der Waals surface area contributed by atoms with E-state index in [2.05, 4.69) is 0 Å². The van der Waals surface area contributed by atoms with Crippen molar-refractivity contribution in [2.75, 3.05) is 0 Å². The Morgan fingerprint density at radius 2 is 0.909 bits per heavy atom. The van der Waals surface area contributed by atoms with Crippen LogP contribution in [0.1, 0.15) is 0 Å². The van der Waals surface area contributed by atoms with Gasteiger partial charge in [0.1, 0.15) is 0 Å². The number of hydrogen-bond acceptors (Lipinski definition) is 1. The summed E-state index contributed by atoms with van der Waals surface area (Å²) in [4.78, 5) is 6.94. The zero-order valence-electron chi connectivity index (χ0n) is 5.03. The Hall–Kier alpha value is 0.0264. The molecule has 0 aliphatic carbocycles. The molecule has 0 saturated heterocycles. The first-order chi connectivity index (χ1) is 1.73. The fourth-order valence-corrected chi connectivity index (χ4v) is 0. The Balaban J connectivity index is -0.00000000214. The Labute approximate surface area is 73.3 Å². The summed E-state index contributed by atoms with van der Waals surface area (Å²) in [5, 5.41) is 0. The minimum atomic E-state index is -3.63. The van der Waals surface area contributed by atoms with Gasteiger partial charge in [0.25, 0.3) is 0 Å². The van der Waals surface area contributed by atoms with Gasteiger partial charge >= 0.3 is 9.26 Å². The predicted octanol–water partition coefficient (Wildman–Crippen LogP) is -5.59. The van der Waals surface area contributed by atoms with E-state index >= 15 is 0 Å². The van der Waals surface area contributed by atoms with Gasteiger partial charge in [-0.25, -0.2) is 0 Å². The largest absolute Gasteiger partial charge is 0.734 e. The number of halogens is 1. The zero-order chi connectivity index (χ0) is 3.58. The summed E-state index contributed by atoms with van der Waals surface area (Å²) >= 11 is 0. The second-order valence-corrected chi connectivity index (χ2v) is 0.759. The van der Waals surface area contributed by atoms with E-state index in [1.807, 2.05) is 0 Å². The monoisotopic (exact) mass is 251 g/mol. The van der Waals surface area contributed by atoms with Crippen LogP contribution in [0.15, 0.2) is 0 Å². The molecule has 0 aliphatic rings. The molecule has 11 heavy (non-hydrogen) atoms. The molecular weight excluding hydrogens is 239 g/mol. The van der Waals surface area contributed by atoms with Crippen molar-refractivity contribution in [1.82, 2.24) is 0 Å². The van der Waals surface area contributed by atoms with E-state index in [-0.39, 0.29) is 49.9 Å². The average Bonchev–Trinajstić information content (AvgIpc) is 0.811. The van der Waals surface area contributed by atoms with Crippen LogP contribution >= 0.6 is 0 Å². The first-order valence-electron chi connectivity index (χ1n) is 0.617. The number of rotatable bonds is 0. The molecule has 0 fully saturated rings. The van der Waals surface area contributed by atoms with Gasteiger partial charge in [-0.1, -0.05) is 0 Å². The standard InChI is InChI=1S/Cu.FHO2Si.6H2O/c;1-4(2)3;;;;;;/h;2H;6*1H2. The van der Waals surface area contributed by atoms with Crippen molar-refractivity contribution in [2.24, 2.45) is 0 Å². The van der Waals surface area contributed by atoms with Gasteiger partial charge in [-0.2, -0.15) is 4.11 Å². The van der Waals surface area contributed by atoms with Gasteiger partial charge < -0.3 is 37.7 Å². The zero-order valence-corrected chi connectivity index (χ0v) is 6.98. The SMILES string of the molecule is O.O.O.O.O.O.O=[Si](O)F.[Cu]. The van der Waals surface area contributed by atoms with E-state index < -0.39 is 9.26 Å². The molecule has 83 valence electrons. The molecule has 0 aliphatic heterocycles. The maximum Gasteiger partial charge on any atom is 0.734 e. The first kappa shape index (κ1) is 121. The molecule has 0 atom stereocenters. The van der Waals surface area contributed by atoms with Gasteiger partial charge in [-0.05, 0) is 0 Å². The van der Waals surface area contributed by atoms with E-state index in [1.165, 1.54) is 0 Å². The molecule has 0 unspecified atom stereocenters. The molecular formula is H13CuFO8Si. The van der Waals surface area contributed by atoms with Crippen LogP contribution in [0.5, 0.6) is 0 Å². The van der Waals surface area contributed by atoms with Crippen LogP contribution in [0.25, 0.3) is 0 Å². The van der Waals surface area contributed by atoms with Gasteiger partial charge in [0.15, 0.2) is 0 Å². The molecule has 0 spiro atoms. The quantitative estimate of drug-likeness (QED) is 0.328. The molecule has 0 bridgehead atoms. The molecule has 0 saturated carbocycles. The first-order valence-corrected chi connectivity index (χ1v) is 1.85. The molecule has 13 N–H and O–H groups in total. The van der Waals surface area contributed by atoms with Gasteiger partial charge in [0.2, 0.25) is 0 Å². The molecule has 0 heterocycles. The Kier molecular flexibility index (Phi) is 981. The predicted molar refractivity (Wildman–Crippen MR) is 31.5 cm³/mol. The van der Waals surface area contributed by atoms with E-state index in [0.29, 0.717) is 0 Å². The summed E-state index contributed by atoms with van der Waals surface area (Å²) in [5.41, 5.74) is 0. The Morgan fingerprint density at radius 3 is 0.909 bits per heavy atom. The minimum absolute atomic E-state index is 0. The van der Waals surface area contributed by atoms with Crippen molar-refractivity contribution in [3.05, 3.63) is 0 Å². The van der Waals surface area contributed by atoms with Crippen molar-refractivity contribution in [1.29, 1.82) is 0 Å². The van der Waals surface area contributed by atoms with Crippen LogP contribution in [0, 0.1) is 0 Å². The molecule has 11 heteroatoms. The van der Waals surface area contributed by atoms with Gasteiger partial charge in [-0.3, -0.25) is 4.46 Å². The summed E-state index contributed by atoms with van der Waals surface area (Å²) in [6.45, 7) is 0. The van der Waals surface area contributed by atoms with E-state index in [0.717, 1.165) is 0 Å². The Bertz CT molecular complexity index is 37.1. The van der Waals surface area contributed by atoms with E-state index in [9.17, 15) is 4.11 Å². The molecule has 8 nitrogen and oxygen atoms in total. The summed E-state index contributed by atoms with van der Waals surface area (Å²) in [6.07, 6.45) is 0. The van der Waals surface area contributed by atoms with Gasteiger partial charge in [-0.15, -0.1) is 0 Å². The molecule has 0 aromatic carbocycles. The maximum atomic E-state index is 10.1. The fraction of sp³-hybridized carbons (Fsp3) is 0. The average molecular weight is 252 g/mol. The van der Waals surface area contributed by atoms with Crippen LogP contribution in [-0.4, -0.2) is 46.9 Å². The van der Waals surface area contributed by atoms with Crippen LogP contribution < -0.4 is 0 Å². The third-order valence-electron chi connectivity index (χ3n) is 0. The van der Waals surface area contributed by atoms with Crippen molar-refractivity contribution in [3.63, 3.8) is 0 Å². The summed E-state index contributed by atoms with van der Waals surface area (Å²) in [5.74, 6) is 0. The molecule has 0 aromatic rings. The van der Waals surface area contributed by atoms with Crippen molar-refractivity contribution in [2.45, 2.75) is 0 Å². The second kappa shape index (κ2) is 89.2. The van der Waals surface area contributed by atoms with Crippen molar-refractivity contribution in [3.8, 4) is 0 Å². The van der Waals surface area contributed by atoms with E-state index in [1.54, 1.807) is 0 Å². The topological polar surface area (TPSA) is 226 Å². The van der Waals surface area contributed by atoms with Crippen LogP contribution in [0.3, 0.4) is 0 Å². The third kappa shape index (κ3) is 929000. The fourth-order valence-electron chi connectivity index (χ4n) is 0. The number of hydrogen-bond donors (Lipinski definition) is 1. The van der Waals surface area contributed by atoms with Crippen molar-refractivity contribution >= 4 is 9.26 Å². The van der Waals surface area contributed by atoms with Gasteiger partial charge in [0.05, 0.1) is 0 Å². The molecule has 0 aromatic heterocycles. The second-order valence-electron chi connectivity index (χ2n) is 0.253. The normalized spacial score (nSPS) is 2.27. The minimum Gasteiger partial charge on any atom is -0.517 e. The summed E-state index contributed by atoms with van der Waals surface area (Å²) in [7, 11) is -3.63. The van der Waals surface area contributed by atoms with Crippen LogP contribution in [0.4, 0.5) is 4.11 Å². The van der Waals surface area contributed by atoms with Crippen molar-refractivity contribution < 1.29 is 63.3 Å². The molecule has 0 amide bonds. The maximum absolute atomic E-state index is 10.1. The Morgan fingerprint density at radius 1 is 0.909 bits per heavy atom. The summed E-state index contributed by atoms with van der Waals surface area (Å²) in [6, 6.07) is 0. The van der Waals surface area contributed by atoms with Gasteiger partial charge in [0, 0.05) is 17.1 Å². The van der Waals surface area contributed by atoms with E-state index in [4.69, 9.17) is 9.26 Å².